The van der Waals surface area contributed by atoms with Crippen molar-refractivity contribution in [2.45, 2.75) is 33.0 Å². The third kappa shape index (κ3) is 7.81. The number of urea groups is 1. The van der Waals surface area contributed by atoms with E-state index in [2.05, 4.69) is 37.1 Å². The van der Waals surface area contributed by atoms with Crippen molar-refractivity contribution >= 4 is 51.9 Å². The zero-order valence-corrected chi connectivity index (χ0v) is 25.9. The number of hydrogen-bond acceptors (Lipinski definition) is 10. The lowest BCUT2D eigenvalue weighted by molar-refractivity contribution is 0.0581. The molecule has 13 nitrogen and oxygen atoms in total. The number of carbonyl (C=O) groups is 3. The molecule has 2 aromatic carbocycles. The maximum Gasteiger partial charge on any atom is 0.417 e. The summed E-state index contributed by atoms with van der Waals surface area (Å²) < 4.78 is 11.7. The van der Waals surface area contributed by atoms with Gasteiger partial charge in [0.15, 0.2) is 17.1 Å². The van der Waals surface area contributed by atoms with Crippen LogP contribution in [0.2, 0.25) is 0 Å². The molecule has 0 bridgehead atoms. The quantitative estimate of drug-likeness (QED) is 0.155. The predicted octanol–water partition coefficient (Wildman–Crippen LogP) is 5.91. The minimum atomic E-state index is -0.887. The third-order valence-electron chi connectivity index (χ3n) is 6.42. The van der Waals surface area contributed by atoms with Crippen LogP contribution in [0.1, 0.15) is 42.3 Å². The van der Waals surface area contributed by atoms with Crippen molar-refractivity contribution < 1.29 is 23.9 Å². The number of pyridine rings is 2. The minimum absolute atomic E-state index is 0.0207. The fraction of sp³-hybridized carbons (Fsp3) is 0.176. The van der Waals surface area contributed by atoms with Crippen molar-refractivity contribution in [2.24, 2.45) is 0 Å². The highest BCUT2D eigenvalue weighted by molar-refractivity contribution is 6.08. The molecule has 0 saturated carbocycles. The van der Waals surface area contributed by atoms with E-state index in [1.165, 1.54) is 17.0 Å². The van der Waals surface area contributed by atoms with Crippen molar-refractivity contribution in [3.63, 3.8) is 0 Å². The van der Waals surface area contributed by atoms with Gasteiger partial charge in [-0.05, 0) is 50.6 Å². The van der Waals surface area contributed by atoms with Gasteiger partial charge in [-0.15, -0.1) is 6.58 Å². The Morgan fingerprint density at radius 2 is 1.66 bits per heavy atom. The van der Waals surface area contributed by atoms with E-state index in [9.17, 15) is 19.6 Å². The van der Waals surface area contributed by atoms with Crippen LogP contribution < -0.4 is 20.3 Å². The molecule has 0 fully saturated rings. The van der Waals surface area contributed by atoms with Gasteiger partial charge in [0.25, 0.3) is 5.91 Å². The fourth-order valence-electron chi connectivity index (χ4n) is 4.33. The van der Waals surface area contributed by atoms with Gasteiger partial charge >= 0.3 is 12.1 Å². The van der Waals surface area contributed by atoms with Gasteiger partial charge < -0.3 is 9.47 Å². The molecule has 0 radical (unpaired) electrons. The first-order valence-electron chi connectivity index (χ1n) is 14.4. The van der Waals surface area contributed by atoms with E-state index in [0.29, 0.717) is 10.8 Å². The fourth-order valence-corrected chi connectivity index (χ4v) is 4.33. The van der Waals surface area contributed by atoms with Gasteiger partial charge in [0.1, 0.15) is 18.3 Å². The Labute approximate surface area is 269 Å². The van der Waals surface area contributed by atoms with Crippen LogP contribution in [-0.4, -0.2) is 50.1 Å². The summed E-state index contributed by atoms with van der Waals surface area (Å²) in [5.74, 6) is -0.678. The molecule has 47 heavy (non-hydrogen) atoms. The van der Waals surface area contributed by atoms with Crippen molar-refractivity contribution in [2.75, 3.05) is 16.8 Å². The molecule has 0 aliphatic heterocycles. The van der Waals surface area contributed by atoms with Crippen LogP contribution in [0.4, 0.5) is 21.4 Å². The summed E-state index contributed by atoms with van der Waals surface area (Å²) in [6.07, 6.45) is 0.803. The molecule has 3 aromatic heterocycles. The summed E-state index contributed by atoms with van der Waals surface area (Å²) in [6.45, 7) is 9.15. The molecule has 0 aliphatic rings. The number of anilines is 2. The average Bonchev–Trinajstić information content (AvgIpc) is 3.04. The van der Waals surface area contributed by atoms with E-state index in [1.54, 1.807) is 57.2 Å². The van der Waals surface area contributed by atoms with E-state index in [4.69, 9.17) is 9.47 Å². The summed E-state index contributed by atoms with van der Waals surface area (Å²) in [6, 6.07) is 21.9. The number of ether oxygens (including phenoxy) is 2. The topological polar surface area (TPSA) is 172 Å². The zero-order chi connectivity index (χ0) is 33.6. The predicted molar refractivity (Wildman–Crippen MR) is 175 cm³/mol. The second-order valence-corrected chi connectivity index (χ2v) is 11.2. The van der Waals surface area contributed by atoms with Gasteiger partial charge in [0, 0.05) is 10.9 Å². The van der Waals surface area contributed by atoms with E-state index in [1.807, 2.05) is 36.4 Å². The van der Waals surface area contributed by atoms with Crippen LogP contribution in [0.15, 0.2) is 85.5 Å². The number of benzene rings is 2. The minimum Gasteiger partial charge on any atom is -0.472 e. The van der Waals surface area contributed by atoms with E-state index >= 15 is 0 Å². The number of rotatable bonds is 8. The van der Waals surface area contributed by atoms with Gasteiger partial charge in [-0.25, -0.2) is 24.5 Å². The number of carbonyl (C=O) groups excluding carboxylic acids is 3. The number of aromatic nitrogens is 4. The summed E-state index contributed by atoms with van der Waals surface area (Å²) in [4.78, 5) is 57.6. The molecule has 5 aromatic rings. The van der Waals surface area contributed by atoms with Crippen molar-refractivity contribution in [1.82, 2.24) is 25.3 Å². The summed E-state index contributed by atoms with van der Waals surface area (Å²) in [5, 5.41) is 15.3. The molecule has 0 atom stereocenters. The highest BCUT2D eigenvalue weighted by Gasteiger charge is 2.26. The number of fused-ring (bicyclic) bond motifs is 2. The van der Waals surface area contributed by atoms with Crippen molar-refractivity contribution in [3.05, 3.63) is 102 Å². The van der Waals surface area contributed by atoms with Gasteiger partial charge in [0.05, 0.1) is 17.5 Å². The molecule has 0 unspecified atom stereocenters. The number of nitrogens with zero attached hydrogens (tertiary/aromatic N) is 6. The van der Waals surface area contributed by atoms with E-state index < -0.39 is 23.6 Å². The normalized spacial score (nSPS) is 10.9. The first kappa shape index (κ1) is 32.0. The summed E-state index contributed by atoms with van der Waals surface area (Å²) >= 11 is 0. The number of nitriles is 1. The standard InChI is InChI=1S/C34H30N8O5/c1-5-16-42(33(45)47-34(2,3)4)31-38-28-25(30(41-31)46-20-21-12-8-6-9-13-21)18-23-17-24(19-35)27(36-26(23)37-28)39-32(44)40-29(43)22-14-10-7-11-15-22/h5-15,17-18H,1,16,20H2,2-4H3,(H2,36,37,38,39,40,41,43,44). The van der Waals surface area contributed by atoms with Crippen LogP contribution in [0.3, 0.4) is 0 Å². The highest BCUT2D eigenvalue weighted by atomic mass is 16.6. The van der Waals surface area contributed by atoms with Gasteiger partial charge in [-0.2, -0.15) is 15.2 Å². The second-order valence-electron chi connectivity index (χ2n) is 11.2. The van der Waals surface area contributed by atoms with Crippen LogP contribution in [0.5, 0.6) is 5.88 Å². The Bertz CT molecular complexity index is 2020. The largest absolute Gasteiger partial charge is 0.472 e. The smallest absolute Gasteiger partial charge is 0.417 e. The van der Waals surface area contributed by atoms with Crippen LogP contribution in [0.25, 0.3) is 22.1 Å². The maximum absolute atomic E-state index is 13.2. The molecule has 0 aliphatic carbocycles. The molecule has 4 amide bonds. The molecule has 2 N–H and O–H groups in total. The average molecular weight is 631 g/mol. The van der Waals surface area contributed by atoms with Crippen molar-refractivity contribution in [1.29, 1.82) is 5.26 Å². The number of imide groups is 1. The Balaban J connectivity index is 1.56. The number of hydrogen-bond donors (Lipinski definition) is 2. The maximum atomic E-state index is 13.2. The van der Waals surface area contributed by atoms with Crippen LogP contribution >= 0.6 is 0 Å². The number of amides is 4. The van der Waals surface area contributed by atoms with Gasteiger partial charge in [-0.3, -0.25) is 15.4 Å². The molecular weight excluding hydrogens is 600 g/mol. The summed E-state index contributed by atoms with van der Waals surface area (Å²) in [5.41, 5.74) is 0.617. The summed E-state index contributed by atoms with van der Waals surface area (Å²) in [7, 11) is 0. The Morgan fingerprint density at radius 3 is 2.32 bits per heavy atom. The number of nitrogens with one attached hydrogen (secondary N) is 2. The first-order valence-corrected chi connectivity index (χ1v) is 14.4. The Morgan fingerprint density at radius 1 is 0.957 bits per heavy atom. The molecule has 0 spiro atoms. The second kappa shape index (κ2) is 13.7. The Kier molecular flexibility index (Phi) is 9.32. The lowest BCUT2D eigenvalue weighted by atomic mass is 10.1. The highest BCUT2D eigenvalue weighted by Crippen LogP contribution is 2.30. The van der Waals surface area contributed by atoms with Crippen LogP contribution in [0, 0.1) is 11.3 Å². The monoisotopic (exact) mass is 630 g/mol. The first-order chi connectivity index (χ1) is 22.5. The lowest BCUT2D eigenvalue weighted by Gasteiger charge is -2.25. The lowest BCUT2D eigenvalue weighted by Crippen LogP contribution is -2.38. The molecule has 13 heteroatoms. The van der Waals surface area contributed by atoms with E-state index in [-0.39, 0.29) is 53.2 Å². The Hall–Kier alpha value is -6.42. The molecule has 3 heterocycles. The SMILES string of the molecule is C=CCN(C(=O)OC(C)(C)C)c1nc(OCc2ccccc2)c2cc3cc(C#N)c(NC(=O)NC(=O)c4ccccc4)nc3nc2n1. The van der Waals surface area contributed by atoms with Crippen LogP contribution in [-0.2, 0) is 11.3 Å². The van der Waals surface area contributed by atoms with Gasteiger partial charge in [0.2, 0.25) is 11.8 Å². The van der Waals surface area contributed by atoms with Crippen molar-refractivity contribution in [3.8, 4) is 11.9 Å². The molecule has 236 valence electrons. The zero-order valence-electron chi connectivity index (χ0n) is 25.9. The molecule has 5 rings (SSSR count). The van der Waals surface area contributed by atoms with E-state index in [0.717, 1.165) is 5.56 Å². The third-order valence-corrected chi connectivity index (χ3v) is 6.42. The molecule has 0 saturated heterocycles. The van der Waals surface area contributed by atoms with Gasteiger partial charge in [-0.1, -0.05) is 54.6 Å². The molecular formula is C34H30N8O5.